The average molecular weight is 396 g/mol. The summed E-state index contributed by atoms with van der Waals surface area (Å²) in [5, 5.41) is 4.32. The van der Waals surface area contributed by atoms with E-state index in [-0.39, 0.29) is 11.6 Å². The van der Waals surface area contributed by atoms with Gasteiger partial charge in [-0.2, -0.15) is 13.2 Å². The molecule has 144 valence electrons. The van der Waals surface area contributed by atoms with E-state index in [4.69, 9.17) is 0 Å². The first-order valence-electron chi connectivity index (χ1n) is 8.62. The maximum absolute atomic E-state index is 13.0. The number of benzene rings is 1. The molecular weight excluding hydrogens is 377 g/mol. The number of carbonyl (C=O) groups is 2. The zero-order valence-electron chi connectivity index (χ0n) is 14.5. The first-order chi connectivity index (χ1) is 12.8. The SMILES string of the molecule is O=C(Nc1ccccc1C(F)(F)F)C1CCN(C(=O)Cc2cccs2)CC1. The lowest BCUT2D eigenvalue weighted by Crippen LogP contribution is -2.42. The molecule has 1 N–H and O–H groups in total. The van der Waals surface area contributed by atoms with Crippen LogP contribution in [0.3, 0.4) is 0 Å². The zero-order valence-corrected chi connectivity index (χ0v) is 15.3. The van der Waals surface area contributed by atoms with Crippen LogP contribution in [0.4, 0.5) is 18.9 Å². The summed E-state index contributed by atoms with van der Waals surface area (Å²) in [6.07, 6.45) is -3.30. The Morgan fingerprint density at radius 3 is 2.44 bits per heavy atom. The van der Waals surface area contributed by atoms with Gasteiger partial charge in [-0.25, -0.2) is 0 Å². The summed E-state index contributed by atoms with van der Waals surface area (Å²) in [4.78, 5) is 27.4. The summed E-state index contributed by atoms with van der Waals surface area (Å²) in [5.74, 6) is -0.826. The van der Waals surface area contributed by atoms with Crippen LogP contribution in [-0.2, 0) is 22.2 Å². The molecular formula is C19H19F3N2O2S. The lowest BCUT2D eigenvalue weighted by molar-refractivity contribution is -0.137. The van der Waals surface area contributed by atoms with Gasteiger partial charge in [-0.1, -0.05) is 18.2 Å². The highest BCUT2D eigenvalue weighted by Crippen LogP contribution is 2.35. The molecule has 4 nitrogen and oxygen atoms in total. The van der Waals surface area contributed by atoms with Crippen molar-refractivity contribution in [1.29, 1.82) is 0 Å². The van der Waals surface area contributed by atoms with Gasteiger partial charge in [0.25, 0.3) is 0 Å². The molecule has 27 heavy (non-hydrogen) atoms. The number of halogens is 3. The van der Waals surface area contributed by atoms with Gasteiger partial charge in [0.2, 0.25) is 11.8 Å². The molecule has 1 fully saturated rings. The minimum Gasteiger partial charge on any atom is -0.342 e. The molecule has 0 spiro atoms. The van der Waals surface area contributed by atoms with Crippen molar-refractivity contribution < 1.29 is 22.8 Å². The fraction of sp³-hybridized carbons (Fsp3) is 0.368. The molecule has 2 heterocycles. The van der Waals surface area contributed by atoms with Gasteiger partial charge < -0.3 is 10.2 Å². The summed E-state index contributed by atoms with van der Waals surface area (Å²) in [7, 11) is 0. The summed E-state index contributed by atoms with van der Waals surface area (Å²) in [5.41, 5.74) is -1.09. The standard InChI is InChI=1S/C19H19F3N2O2S/c20-19(21,22)15-5-1-2-6-16(15)23-18(26)13-7-9-24(10-8-13)17(25)12-14-4-3-11-27-14/h1-6,11,13H,7-10,12H2,(H,23,26). The number of likely N-dealkylation sites (tertiary alicyclic amines) is 1. The summed E-state index contributed by atoms with van der Waals surface area (Å²) in [6.45, 7) is 0.867. The smallest absolute Gasteiger partial charge is 0.342 e. The number of thiophene rings is 1. The quantitative estimate of drug-likeness (QED) is 0.843. The Morgan fingerprint density at radius 1 is 1.11 bits per heavy atom. The highest BCUT2D eigenvalue weighted by Gasteiger charge is 2.34. The van der Waals surface area contributed by atoms with E-state index in [0.29, 0.717) is 32.4 Å². The van der Waals surface area contributed by atoms with Crippen molar-refractivity contribution in [2.24, 2.45) is 5.92 Å². The molecule has 2 amide bonds. The van der Waals surface area contributed by atoms with Crippen LogP contribution in [0.1, 0.15) is 23.3 Å². The molecule has 0 unspecified atom stereocenters. The van der Waals surface area contributed by atoms with Crippen molar-refractivity contribution in [3.8, 4) is 0 Å². The lowest BCUT2D eigenvalue weighted by atomic mass is 9.95. The van der Waals surface area contributed by atoms with Gasteiger partial charge >= 0.3 is 6.18 Å². The van der Waals surface area contributed by atoms with Crippen molar-refractivity contribution in [2.45, 2.75) is 25.4 Å². The Kier molecular flexibility index (Phi) is 5.84. The maximum atomic E-state index is 13.0. The number of hydrogen-bond donors (Lipinski definition) is 1. The van der Waals surface area contributed by atoms with Crippen LogP contribution in [0.15, 0.2) is 41.8 Å². The molecule has 2 aromatic rings. The molecule has 1 aromatic heterocycles. The van der Waals surface area contributed by atoms with Gasteiger partial charge in [0.05, 0.1) is 17.7 Å². The zero-order chi connectivity index (χ0) is 19.4. The number of nitrogens with one attached hydrogen (secondary N) is 1. The number of nitrogens with zero attached hydrogens (tertiary/aromatic N) is 1. The van der Waals surface area contributed by atoms with Crippen LogP contribution in [0.5, 0.6) is 0 Å². The fourth-order valence-corrected chi connectivity index (χ4v) is 3.84. The van der Waals surface area contributed by atoms with Crippen molar-refractivity contribution >= 4 is 28.8 Å². The molecule has 1 saturated heterocycles. The maximum Gasteiger partial charge on any atom is 0.418 e. The molecule has 1 aliphatic heterocycles. The third kappa shape index (κ3) is 4.88. The Bertz CT molecular complexity index is 798. The van der Waals surface area contributed by atoms with E-state index in [1.807, 2.05) is 17.5 Å². The first-order valence-corrected chi connectivity index (χ1v) is 9.50. The molecule has 0 atom stereocenters. The summed E-state index contributed by atoms with van der Waals surface area (Å²) < 4.78 is 39.1. The van der Waals surface area contributed by atoms with E-state index in [1.54, 1.807) is 4.90 Å². The highest BCUT2D eigenvalue weighted by molar-refractivity contribution is 7.10. The molecule has 1 aliphatic rings. The monoisotopic (exact) mass is 396 g/mol. The van der Waals surface area contributed by atoms with E-state index in [1.165, 1.54) is 29.5 Å². The first kappa shape index (κ1) is 19.4. The van der Waals surface area contributed by atoms with Crippen molar-refractivity contribution in [2.75, 3.05) is 18.4 Å². The molecule has 3 rings (SSSR count). The second-order valence-corrected chi connectivity index (χ2v) is 7.48. The Hall–Kier alpha value is -2.35. The topological polar surface area (TPSA) is 49.4 Å². The van der Waals surface area contributed by atoms with E-state index in [2.05, 4.69) is 5.32 Å². The van der Waals surface area contributed by atoms with Crippen LogP contribution < -0.4 is 5.32 Å². The van der Waals surface area contributed by atoms with E-state index in [9.17, 15) is 22.8 Å². The molecule has 1 aromatic carbocycles. The minimum absolute atomic E-state index is 0.0127. The molecule has 0 bridgehead atoms. The summed E-state index contributed by atoms with van der Waals surface area (Å²) in [6, 6.07) is 8.73. The van der Waals surface area contributed by atoms with Crippen LogP contribution in [0, 0.1) is 5.92 Å². The van der Waals surface area contributed by atoms with Gasteiger partial charge in [-0.3, -0.25) is 9.59 Å². The van der Waals surface area contributed by atoms with Crippen LogP contribution in [0.25, 0.3) is 0 Å². The number of para-hydroxylation sites is 1. The van der Waals surface area contributed by atoms with Crippen molar-refractivity contribution in [1.82, 2.24) is 4.90 Å². The van der Waals surface area contributed by atoms with Crippen molar-refractivity contribution in [3.05, 3.63) is 52.2 Å². The fourth-order valence-electron chi connectivity index (χ4n) is 3.14. The van der Waals surface area contributed by atoms with E-state index >= 15 is 0 Å². The van der Waals surface area contributed by atoms with E-state index in [0.717, 1.165) is 10.9 Å². The largest absolute Gasteiger partial charge is 0.418 e. The van der Waals surface area contributed by atoms with Gasteiger partial charge in [0.1, 0.15) is 0 Å². The predicted octanol–water partition coefficient (Wildman–Crippen LogP) is 4.19. The number of carbonyl (C=O) groups excluding carboxylic acids is 2. The normalized spacial score (nSPS) is 15.6. The molecule has 0 saturated carbocycles. The van der Waals surface area contributed by atoms with Crippen LogP contribution >= 0.6 is 11.3 Å². The number of alkyl halides is 3. The number of hydrogen-bond acceptors (Lipinski definition) is 3. The number of rotatable bonds is 4. The number of piperidine rings is 1. The minimum atomic E-state index is -4.53. The average Bonchev–Trinajstić information content (AvgIpc) is 3.14. The van der Waals surface area contributed by atoms with Gasteiger partial charge in [0.15, 0.2) is 0 Å². The third-order valence-electron chi connectivity index (χ3n) is 4.61. The second kappa shape index (κ2) is 8.12. The van der Waals surface area contributed by atoms with Gasteiger partial charge in [0, 0.05) is 23.9 Å². The van der Waals surface area contributed by atoms with Gasteiger partial charge in [-0.15, -0.1) is 11.3 Å². The molecule has 8 heteroatoms. The molecule has 0 aliphatic carbocycles. The highest BCUT2D eigenvalue weighted by atomic mass is 32.1. The second-order valence-electron chi connectivity index (χ2n) is 6.44. The van der Waals surface area contributed by atoms with E-state index < -0.39 is 23.6 Å². The Balaban J connectivity index is 1.55. The Morgan fingerprint density at radius 2 is 1.81 bits per heavy atom. The third-order valence-corrected chi connectivity index (χ3v) is 5.49. The number of anilines is 1. The summed E-state index contributed by atoms with van der Waals surface area (Å²) >= 11 is 1.52. The molecule has 0 radical (unpaired) electrons. The lowest BCUT2D eigenvalue weighted by Gasteiger charge is -2.31. The number of amides is 2. The predicted molar refractivity (Wildman–Crippen MR) is 97.4 cm³/mol. The van der Waals surface area contributed by atoms with Gasteiger partial charge in [-0.05, 0) is 36.4 Å². The van der Waals surface area contributed by atoms with Crippen molar-refractivity contribution in [3.63, 3.8) is 0 Å². The van der Waals surface area contributed by atoms with Crippen LogP contribution in [-0.4, -0.2) is 29.8 Å². The Labute approximate surface area is 159 Å². The van der Waals surface area contributed by atoms with Crippen LogP contribution in [0.2, 0.25) is 0 Å².